The van der Waals surface area contributed by atoms with Crippen LogP contribution in [-0.2, 0) is 11.3 Å². The zero-order valence-corrected chi connectivity index (χ0v) is 16.2. The fraction of sp³-hybridized carbons (Fsp3) is 0.158. The Morgan fingerprint density at radius 3 is 2.70 bits per heavy atom. The van der Waals surface area contributed by atoms with Crippen molar-refractivity contribution in [3.63, 3.8) is 0 Å². The minimum atomic E-state index is -0.620. The molecule has 30 heavy (non-hydrogen) atoms. The van der Waals surface area contributed by atoms with Crippen LogP contribution >= 0.6 is 0 Å². The lowest BCUT2D eigenvalue weighted by atomic mass is 10.2. The van der Waals surface area contributed by atoms with Gasteiger partial charge in [0.15, 0.2) is 0 Å². The number of nitro groups is 1. The van der Waals surface area contributed by atoms with Gasteiger partial charge in [0.25, 0.3) is 5.91 Å². The Morgan fingerprint density at radius 2 is 2.07 bits per heavy atom. The number of rotatable bonds is 7. The smallest absolute Gasteiger partial charge is 0.381 e. The van der Waals surface area contributed by atoms with E-state index in [-0.39, 0.29) is 18.3 Å². The van der Waals surface area contributed by atoms with Gasteiger partial charge in [-0.3, -0.25) is 19.1 Å². The van der Waals surface area contributed by atoms with Gasteiger partial charge in [0.05, 0.1) is 18.4 Å². The van der Waals surface area contributed by atoms with E-state index in [4.69, 9.17) is 4.74 Å². The summed E-state index contributed by atoms with van der Waals surface area (Å²) in [6.07, 6.45) is 4.21. The first-order valence-electron chi connectivity index (χ1n) is 8.75. The molecule has 0 bridgehead atoms. The summed E-state index contributed by atoms with van der Waals surface area (Å²) in [4.78, 5) is 42.5. The summed E-state index contributed by atoms with van der Waals surface area (Å²) in [6.45, 7) is 1.43. The maximum atomic E-state index is 12.3. The van der Waals surface area contributed by atoms with Crippen LogP contribution in [0.2, 0.25) is 0 Å². The number of hydrogen-bond acceptors (Lipinski definition) is 7. The predicted octanol–water partition coefficient (Wildman–Crippen LogP) is 2.39. The Bertz CT molecular complexity index is 1100. The van der Waals surface area contributed by atoms with Crippen LogP contribution in [0.25, 0.3) is 0 Å². The molecule has 0 spiro atoms. The number of imidazole rings is 1. The van der Waals surface area contributed by atoms with Crippen LogP contribution in [0.4, 0.5) is 17.2 Å². The number of anilines is 2. The molecule has 0 radical (unpaired) electrons. The molecule has 154 valence electrons. The highest BCUT2D eigenvalue weighted by Crippen LogP contribution is 2.28. The molecule has 0 aliphatic carbocycles. The number of ether oxygens (including phenoxy) is 1. The molecule has 0 saturated heterocycles. The summed E-state index contributed by atoms with van der Waals surface area (Å²) in [6, 6.07) is 8.03. The Kier molecular flexibility index (Phi) is 6.01. The molecule has 11 nitrogen and oxygen atoms in total. The number of amides is 2. The molecule has 0 unspecified atom stereocenters. The van der Waals surface area contributed by atoms with E-state index in [2.05, 4.69) is 20.6 Å². The second-order valence-electron chi connectivity index (χ2n) is 6.19. The molecular weight excluding hydrogens is 392 g/mol. The zero-order valence-electron chi connectivity index (χ0n) is 16.2. The van der Waals surface area contributed by atoms with Crippen LogP contribution in [0.3, 0.4) is 0 Å². The average Bonchev–Trinajstić information content (AvgIpc) is 3.10. The number of aryl methyl sites for hydroxylation is 1. The van der Waals surface area contributed by atoms with Gasteiger partial charge in [-0.1, -0.05) is 0 Å². The fourth-order valence-corrected chi connectivity index (χ4v) is 2.66. The van der Waals surface area contributed by atoms with Gasteiger partial charge in [0, 0.05) is 31.1 Å². The van der Waals surface area contributed by atoms with Gasteiger partial charge < -0.3 is 25.5 Å². The van der Waals surface area contributed by atoms with Crippen LogP contribution in [-0.4, -0.2) is 38.4 Å². The minimum Gasteiger partial charge on any atom is -0.494 e. The maximum Gasteiger partial charge on any atom is 0.381 e. The van der Waals surface area contributed by atoms with Crippen LogP contribution < -0.4 is 15.4 Å². The third-order valence-electron chi connectivity index (χ3n) is 4.12. The van der Waals surface area contributed by atoms with Gasteiger partial charge in [0.2, 0.25) is 11.7 Å². The summed E-state index contributed by atoms with van der Waals surface area (Å²) >= 11 is 0. The van der Waals surface area contributed by atoms with Crippen LogP contribution in [0.5, 0.6) is 5.75 Å². The second-order valence-corrected chi connectivity index (χ2v) is 6.19. The molecule has 2 heterocycles. The van der Waals surface area contributed by atoms with Crippen molar-refractivity contribution in [2.75, 3.05) is 17.7 Å². The van der Waals surface area contributed by atoms with Crippen molar-refractivity contribution in [3.8, 4) is 5.75 Å². The zero-order chi connectivity index (χ0) is 21.7. The first-order valence-corrected chi connectivity index (χ1v) is 8.75. The van der Waals surface area contributed by atoms with E-state index in [0.29, 0.717) is 28.5 Å². The molecule has 0 atom stereocenters. The number of pyridine rings is 1. The van der Waals surface area contributed by atoms with Crippen LogP contribution in [0.15, 0.2) is 48.9 Å². The van der Waals surface area contributed by atoms with Crippen LogP contribution in [0.1, 0.15) is 16.2 Å². The Labute approximate surface area is 170 Å². The molecule has 2 amide bonds. The number of carbonyl (C=O) groups is 2. The minimum absolute atomic E-state index is 0.144. The number of benzene rings is 1. The number of nitrogens with one attached hydrogen (secondary N) is 2. The van der Waals surface area contributed by atoms with Crippen molar-refractivity contribution in [2.45, 2.75) is 13.5 Å². The van der Waals surface area contributed by atoms with Crippen molar-refractivity contribution >= 4 is 29.0 Å². The molecule has 0 aliphatic rings. The summed E-state index contributed by atoms with van der Waals surface area (Å²) in [5.74, 6) is -0.381. The molecule has 11 heteroatoms. The largest absolute Gasteiger partial charge is 0.494 e. The number of aromatic nitrogens is 3. The first-order chi connectivity index (χ1) is 14.4. The van der Waals surface area contributed by atoms with Gasteiger partial charge in [-0.2, -0.15) is 0 Å². The lowest BCUT2D eigenvalue weighted by Crippen LogP contribution is -2.19. The van der Waals surface area contributed by atoms with E-state index in [1.165, 1.54) is 24.1 Å². The summed E-state index contributed by atoms with van der Waals surface area (Å²) in [5, 5.41) is 16.2. The van der Waals surface area contributed by atoms with Gasteiger partial charge in [-0.15, -0.1) is 0 Å². The molecule has 1 aromatic carbocycles. The monoisotopic (exact) mass is 410 g/mol. The topological polar surface area (TPSA) is 141 Å². The van der Waals surface area contributed by atoms with E-state index < -0.39 is 10.8 Å². The Balaban J connectivity index is 1.69. The highest BCUT2D eigenvalue weighted by molar-refractivity contribution is 6.05. The van der Waals surface area contributed by atoms with Gasteiger partial charge in [0.1, 0.15) is 18.5 Å². The standard InChI is InChI=1S/C19H18N6O5/c1-12-21-17(25(28)29)10-24(12)11-18(26)22-14-5-6-15(16(8-14)30-2)23-19(27)13-4-3-7-20-9-13/h3-10H,11H2,1-2H3,(H,22,26)(H,23,27). The number of carbonyl (C=O) groups excluding carboxylic acids is 2. The van der Waals surface area contributed by atoms with Gasteiger partial charge >= 0.3 is 5.82 Å². The number of hydrogen-bond donors (Lipinski definition) is 2. The van der Waals surface area contributed by atoms with Crippen molar-refractivity contribution in [3.05, 3.63) is 70.4 Å². The van der Waals surface area contributed by atoms with E-state index in [0.717, 1.165) is 0 Å². The summed E-state index contributed by atoms with van der Waals surface area (Å²) in [5.41, 5.74) is 1.25. The third-order valence-corrected chi connectivity index (χ3v) is 4.12. The summed E-state index contributed by atoms with van der Waals surface area (Å²) < 4.78 is 6.68. The second kappa shape index (κ2) is 8.82. The lowest BCUT2D eigenvalue weighted by Gasteiger charge is -2.13. The quantitative estimate of drug-likeness (QED) is 0.450. The van der Waals surface area contributed by atoms with Gasteiger partial charge in [-0.05, 0) is 34.2 Å². The van der Waals surface area contributed by atoms with E-state index in [1.54, 1.807) is 43.5 Å². The SMILES string of the molecule is COc1cc(NC(=O)Cn2cc([N+](=O)[O-])nc2C)ccc1NC(=O)c1cccnc1. The Hall–Kier alpha value is -4.28. The number of nitrogens with zero attached hydrogens (tertiary/aromatic N) is 4. The normalized spacial score (nSPS) is 10.3. The number of methoxy groups -OCH3 is 1. The Morgan fingerprint density at radius 1 is 1.27 bits per heavy atom. The van der Waals surface area contributed by atoms with E-state index >= 15 is 0 Å². The molecule has 0 aliphatic heterocycles. The predicted molar refractivity (Wildman–Crippen MR) is 107 cm³/mol. The van der Waals surface area contributed by atoms with Crippen LogP contribution in [0, 0.1) is 17.0 Å². The average molecular weight is 410 g/mol. The molecule has 0 saturated carbocycles. The van der Waals surface area contributed by atoms with Crippen molar-refractivity contribution in [1.82, 2.24) is 14.5 Å². The summed E-state index contributed by atoms with van der Waals surface area (Å²) in [7, 11) is 1.44. The van der Waals surface area contributed by atoms with Crippen molar-refractivity contribution < 1.29 is 19.2 Å². The lowest BCUT2D eigenvalue weighted by molar-refractivity contribution is -0.389. The van der Waals surface area contributed by atoms with E-state index in [9.17, 15) is 19.7 Å². The highest BCUT2D eigenvalue weighted by Gasteiger charge is 2.17. The third kappa shape index (κ3) is 4.76. The molecule has 2 N–H and O–H groups in total. The van der Waals surface area contributed by atoms with Gasteiger partial charge in [-0.25, -0.2) is 0 Å². The van der Waals surface area contributed by atoms with Crippen molar-refractivity contribution in [2.24, 2.45) is 0 Å². The molecule has 0 fully saturated rings. The first kappa shape index (κ1) is 20.5. The highest BCUT2D eigenvalue weighted by atomic mass is 16.6. The van der Waals surface area contributed by atoms with E-state index in [1.807, 2.05) is 0 Å². The fourth-order valence-electron chi connectivity index (χ4n) is 2.66. The van der Waals surface area contributed by atoms with Crippen molar-refractivity contribution in [1.29, 1.82) is 0 Å². The molecule has 3 rings (SSSR count). The molecular formula is C19H18N6O5. The molecule has 3 aromatic rings. The molecule has 2 aromatic heterocycles. The maximum absolute atomic E-state index is 12.3.